The number of thioether (sulfide) groups is 1. The third-order valence-corrected chi connectivity index (χ3v) is 7.08. The molecule has 30 heavy (non-hydrogen) atoms. The predicted molar refractivity (Wildman–Crippen MR) is 115 cm³/mol. The van der Waals surface area contributed by atoms with Crippen molar-refractivity contribution in [3.8, 4) is 0 Å². The van der Waals surface area contributed by atoms with Crippen LogP contribution >= 0.6 is 23.4 Å². The van der Waals surface area contributed by atoms with Crippen LogP contribution in [-0.4, -0.2) is 96.7 Å². The van der Waals surface area contributed by atoms with Crippen LogP contribution in [0.5, 0.6) is 0 Å². The van der Waals surface area contributed by atoms with Crippen molar-refractivity contribution in [1.29, 1.82) is 0 Å². The molecule has 2 fully saturated rings. The Balaban J connectivity index is 1.26. The second-order valence-electron chi connectivity index (χ2n) is 7.59. The minimum atomic E-state index is -0.466. The first kappa shape index (κ1) is 21.4. The maximum absolute atomic E-state index is 12.8. The molecule has 3 aliphatic heterocycles. The number of carbonyl (C=O) groups is 3. The third kappa shape index (κ3) is 5.08. The van der Waals surface area contributed by atoms with Crippen molar-refractivity contribution >= 4 is 46.8 Å². The van der Waals surface area contributed by atoms with Crippen molar-refractivity contribution in [2.45, 2.75) is 16.6 Å². The molecule has 0 aromatic heterocycles. The van der Waals surface area contributed by atoms with E-state index in [4.69, 9.17) is 16.3 Å². The fourth-order valence-electron chi connectivity index (χ4n) is 3.80. The molecule has 1 N–H and O–H groups in total. The summed E-state index contributed by atoms with van der Waals surface area (Å²) in [5.41, 5.74) is 0.689. The van der Waals surface area contributed by atoms with Crippen LogP contribution in [0.1, 0.15) is 6.42 Å². The highest BCUT2D eigenvalue weighted by molar-refractivity contribution is 8.01. The number of nitrogens with zero attached hydrogens (tertiary/aromatic N) is 3. The molecule has 0 bridgehead atoms. The van der Waals surface area contributed by atoms with Crippen molar-refractivity contribution in [2.75, 3.05) is 64.3 Å². The largest absolute Gasteiger partial charge is 0.379 e. The summed E-state index contributed by atoms with van der Waals surface area (Å²) in [4.78, 5) is 44.3. The maximum atomic E-state index is 12.8. The topological polar surface area (TPSA) is 82.2 Å². The van der Waals surface area contributed by atoms with Gasteiger partial charge in [0.05, 0.1) is 30.7 Å². The Morgan fingerprint density at radius 2 is 1.73 bits per heavy atom. The number of hydrogen-bond acceptors (Lipinski definition) is 6. The summed E-state index contributed by atoms with van der Waals surface area (Å²) in [6.45, 7) is 5.35. The summed E-state index contributed by atoms with van der Waals surface area (Å²) < 4.78 is 5.32. The van der Waals surface area contributed by atoms with Gasteiger partial charge in [-0.1, -0.05) is 11.6 Å². The summed E-state index contributed by atoms with van der Waals surface area (Å²) in [7, 11) is 0. The van der Waals surface area contributed by atoms with Crippen molar-refractivity contribution in [3.05, 3.63) is 23.2 Å². The summed E-state index contributed by atoms with van der Waals surface area (Å²) in [5.74, 6) is -0.135. The number of nitrogens with one attached hydrogen (secondary N) is 1. The SMILES string of the molecule is O=C1Nc2cc(Cl)ccc2SC1CC(=O)N1CCN(C(=O)CN2CCOCC2)CC1. The molecule has 3 amide bonds. The zero-order chi connectivity index (χ0) is 21.1. The highest BCUT2D eigenvalue weighted by Gasteiger charge is 2.32. The van der Waals surface area contributed by atoms with Crippen LogP contribution in [0.25, 0.3) is 0 Å². The van der Waals surface area contributed by atoms with Crippen LogP contribution < -0.4 is 5.32 Å². The van der Waals surface area contributed by atoms with E-state index < -0.39 is 5.25 Å². The second-order valence-corrected chi connectivity index (χ2v) is 9.27. The van der Waals surface area contributed by atoms with Gasteiger partial charge in [0, 0.05) is 55.6 Å². The van der Waals surface area contributed by atoms with E-state index in [0.717, 1.165) is 18.0 Å². The standard InChI is InChI=1S/C20H25ClN4O4S/c21-14-1-2-16-15(11-14)22-20(28)17(30-16)12-18(26)24-3-5-25(6-4-24)19(27)13-23-7-9-29-10-8-23/h1-2,11,17H,3-10,12-13H2,(H,22,28). The summed E-state index contributed by atoms with van der Waals surface area (Å²) in [6.07, 6.45) is 0.139. The van der Waals surface area contributed by atoms with E-state index in [9.17, 15) is 14.4 Å². The zero-order valence-corrected chi connectivity index (χ0v) is 18.2. The Labute approximate surface area is 184 Å². The second kappa shape index (κ2) is 9.55. The first-order valence-electron chi connectivity index (χ1n) is 10.1. The first-order chi connectivity index (χ1) is 14.5. The Bertz CT molecular complexity index is 825. The molecule has 1 aromatic rings. The Morgan fingerprint density at radius 1 is 1.07 bits per heavy atom. The fraction of sp³-hybridized carbons (Fsp3) is 0.550. The lowest BCUT2D eigenvalue weighted by molar-refractivity contribution is -0.141. The van der Waals surface area contributed by atoms with Gasteiger partial charge >= 0.3 is 0 Å². The van der Waals surface area contributed by atoms with Crippen molar-refractivity contribution in [2.24, 2.45) is 0 Å². The summed E-state index contributed by atoms with van der Waals surface area (Å²) in [6, 6.07) is 5.35. The highest BCUT2D eigenvalue weighted by Crippen LogP contribution is 2.38. The molecule has 162 valence electrons. The molecule has 2 saturated heterocycles. The number of fused-ring (bicyclic) bond motifs is 1. The van der Waals surface area contributed by atoms with Crippen molar-refractivity contribution in [3.63, 3.8) is 0 Å². The Kier molecular flexibility index (Phi) is 6.82. The van der Waals surface area contributed by atoms with Crippen LogP contribution in [0.3, 0.4) is 0 Å². The monoisotopic (exact) mass is 452 g/mol. The quantitative estimate of drug-likeness (QED) is 0.738. The lowest BCUT2D eigenvalue weighted by atomic mass is 10.2. The minimum absolute atomic E-state index is 0.0552. The van der Waals surface area contributed by atoms with E-state index in [1.165, 1.54) is 11.8 Å². The van der Waals surface area contributed by atoms with Crippen LogP contribution in [0.15, 0.2) is 23.1 Å². The number of rotatable bonds is 4. The number of ether oxygens (including phenoxy) is 1. The van der Waals surface area contributed by atoms with Gasteiger partial charge in [-0.05, 0) is 18.2 Å². The normalized spacial score (nSPS) is 22.4. The summed E-state index contributed by atoms with van der Waals surface area (Å²) >= 11 is 7.37. The van der Waals surface area contributed by atoms with E-state index in [-0.39, 0.29) is 24.1 Å². The van der Waals surface area contributed by atoms with Crippen molar-refractivity contribution < 1.29 is 19.1 Å². The van der Waals surface area contributed by atoms with Gasteiger partial charge < -0.3 is 19.9 Å². The average Bonchev–Trinajstić information content (AvgIpc) is 2.75. The molecule has 0 radical (unpaired) electrons. The van der Waals surface area contributed by atoms with Crippen LogP contribution in [0.2, 0.25) is 5.02 Å². The van der Waals surface area contributed by atoms with Crippen LogP contribution in [0.4, 0.5) is 5.69 Å². The number of benzene rings is 1. The lowest BCUT2D eigenvalue weighted by Gasteiger charge is -2.37. The third-order valence-electron chi connectivity index (χ3n) is 5.57. The van der Waals surface area contributed by atoms with Gasteiger partial charge in [0.1, 0.15) is 0 Å². The number of carbonyl (C=O) groups excluding carboxylic acids is 3. The Morgan fingerprint density at radius 3 is 2.43 bits per heavy atom. The molecular weight excluding hydrogens is 428 g/mol. The van der Waals surface area contributed by atoms with Crippen molar-refractivity contribution in [1.82, 2.24) is 14.7 Å². The van der Waals surface area contributed by atoms with Crippen LogP contribution in [-0.2, 0) is 19.1 Å². The van der Waals surface area contributed by atoms with Crippen LogP contribution in [0, 0.1) is 0 Å². The van der Waals surface area contributed by atoms with Gasteiger partial charge in [-0.25, -0.2) is 0 Å². The van der Waals surface area contributed by atoms with E-state index in [2.05, 4.69) is 10.2 Å². The zero-order valence-electron chi connectivity index (χ0n) is 16.6. The van der Waals surface area contributed by atoms with Gasteiger partial charge in [-0.3, -0.25) is 19.3 Å². The molecule has 1 atom stereocenters. The first-order valence-corrected chi connectivity index (χ1v) is 11.4. The molecule has 4 rings (SSSR count). The molecule has 10 heteroatoms. The number of piperazine rings is 1. The van der Waals surface area contributed by atoms with E-state index >= 15 is 0 Å². The molecule has 3 heterocycles. The smallest absolute Gasteiger partial charge is 0.238 e. The lowest BCUT2D eigenvalue weighted by Crippen LogP contribution is -2.53. The molecule has 0 saturated carbocycles. The van der Waals surface area contributed by atoms with E-state index in [1.54, 1.807) is 17.0 Å². The van der Waals surface area contributed by atoms with E-state index in [0.29, 0.717) is 56.6 Å². The van der Waals surface area contributed by atoms with E-state index in [1.807, 2.05) is 11.0 Å². The molecule has 0 spiro atoms. The molecular formula is C20H25ClN4O4S. The average molecular weight is 453 g/mol. The molecule has 0 aliphatic carbocycles. The minimum Gasteiger partial charge on any atom is -0.379 e. The van der Waals surface area contributed by atoms with Gasteiger partial charge in [0.15, 0.2) is 0 Å². The summed E-state index contributed by atoms with van der Waals surface area (Å²) in [5, 5.41) is 2.93. The predicted octanol–water partition coefficient (Wildman–Crippen LogP) is 1.15. The van der Waals surface area contributed by atoms with Gasteiger partial charge in [0.2, 0.25) is 17.7 Å². The van der Waals surface area contributed by atoms with Gasteiger partial charge in [-0.2, -0.15) is 0 Å². The number of amides is 3. The molecule has 3 aliphatic rings. The molecule has 1 unspecified atom stereocenters. The number of morpholine rings is 1. The maximum Gasteiger partial charge on any atom is 0.238 e. The number of anilines is 1. The number of halogens is 1. The molecule has 1 aromatic carbocycles. The highest BCUT2D eigenvalue weighted by atomic mass is 35.5. The van der Waals surface area contributed by atoms with Gasteiger partial charge in [0.25, 0.3) is 0 Å². The fourth-order valence-corrected chi connectivity index (χ4v) is 5.05. The van der Waals surface area contributed by atoms with Gasteiger partial charge in [-0.15, -0.1) is 11.8 Å². The number of hydrogen-bond donors (Lipinski definition) is 1. The Hall–Kier alpha value is -1.81. The molecule has 8 nitrogen and oxygen atoms in total.